The number of nitrogens with one attached hydrogen (secondary N) is 1. The summed E-state index contributed by atoms with van der Waals surface area (Å²) in [6.45, 7) is 7.51. The van der Waals surface area contributed by atoms with Crippen LogP contribution in [0.5, 0.6) is 0 Å². The maximum absolute atomic E-state index is 12.3. The molecular weight excluding hydrogens is 274 g/mol. The Balaban J connectivity index is 2.34. The summed E-state index contributed by atoms with van der Waals surface area (Å²) < 4.78 is 26.3. The molecule has 6 heteroatoms. The topological polar surface area (TPSA) is 52.7 Å². The first kappa shape index (κ1) is 17.9. The van der Waals surface area contributed by atoms with E-state index in [0.29, 0.717) is 25.0 Å². The SMILES string of the molecule is CCCNCCCCS(=O)(=O)N1CC(C)C(N(C)C)C1. The molecule has 20 heavy (non-hydrogen) atoms. The molecule has 1 rings (SSSR count). The summed E-state index contributed by atoms with van der Waals surface area (Å²) in [6.07, 6.45) is 2.80. The lowest BCUT2D eigenvalue weighted by molar-refractivity contribution is 0.263. The zero-order valence-corrected chi connectivity index (χ0v) is 14.2. The van der Waals surface area contributed by atoms with E-state index in [1.807, 2.05) is 14.1 Å². The molecule has 1 aliphatic rings. The predicted octanol–water partition coefficient (Wildman–Crippen LogP) is 0.978. The highest BCUT2D eigenvalue weighted by atomic mass is 32.2. The minimum atomic E-state index is -3.07. The highest BCUT2D eigenvalue weighted by Crippen LogP contribution is 2.23. The average Bonchev–Trinajstić information content (AvgIpc) is 2.76. The maximum atomic E-state index is 12.3. The Bertz CT molecular complexity index is 371. The molecule has 0 bridgehead atoms. The van der Waals surface area contributed by atoms with Crippen LogP contribution in [0.15, 0.2) is 0 Å². The van der Waals surface area contributed by atoms with Gasteiger partial charge in [-0.25, -0.2) is 12.7 Å². The van der Waals surface area contributed by atoms with E-state index in [0.717, 1.165) is 32.4 Å². The summed E-state index contributed by atoms with van der Waals surface area (Å²) in [5.74, 6) is 0.694. The van der Waals surface area contributed by atoms with Crippen LogP contribution in [0.1, 0.15) is 33.1 Å². The van der Waals surface area contributed by atoms with Crippen molar-refractivity contribution in [1.82, 2.24) is 14.5 Å². The summed E-state index contributed by atoms with van der Waals surface area (Å²) in [5.41, 5.74) is 0. The minimum Gasteiger partial charge on any atom is -0.317 e. The fourth-order valence-electron chi connectivity index (χ4n) is 2.77. The average molecular weight is 305 g/mol. The molecule has 5 nitrogen and oxygen atoms in total. The molecule has 0 aromatic rings. The lowest BCUT2D eigenvalue weighted by Crippen LogP contribution is -2.36. The van der Waals surface area contributed by atoms with Crippen LogP contribution in [0.3, 0.4) is 0 Å². The van der Waals surface area contributed by atoms with E-state index in [4.69, 9.17) is 0 Å². The Kier molecular flexibility index (Phi) is 7.43. The Morgan fingerprint density at radius 1 is 1.20 bits per heavy atom. The molecule has 0 aromatic heterocycles. The van der Waals surface area contributed by atoms with Gasteiger partial charge in [0, 0.05) is 19.1 Å². The molecule has 0 saturated carbocycles. The van der Waals surface area contributed by atoms with Crippen LogP contribution >= 0.6 is 0 Å². The predicted molar refractivity (Wildman–Crippen MR) is 84.4 cm³/mol. The molecule has 2 unspecified atom stereocenters. The number of likely N-dealkylation sites (N-methyl/N-ethyl adjacent to an activating group) is 1. The molecule has 0 aromatic carbocycles. The highest BCUT2D eigenvalue weighted by molar-refractivity contribution is 7.89. The zero-order chi connectivity index (χ0) is 15.2. The molecule has 0 aliphatic carbocycles. The second kappa shape index (κ2) is 8.32. The van der Waals surface area contributed by atoms with Gasteiger partial charge in [0.1, 0.15) is 0 Å². The Labute approximate surface area is 124 Å². The number of nitrogens with zero attached hydrogens (tertiary/aromatic N) is 2. The van der Waals surface area contributed by atoms with Crippen molar-refractivity contribution in [3.63, 3.8) is 0 Å². The smallest absolute Gasteiger partial charge is 0.214 e. The van der Waals surface area contributed by atoms with Crippen LogP contribution in [-0.4, -0.2) is 69.7 Å². The summed E-state index contributed by atoms with van der Waals surface area (Å²) in [6, 6.07) is 0.344. The number of hydrogen-bond acceptors (Lipinski definition) is 4. The van der Waals surface area contributed by atoms with Gasteiger partial charge in [0.25, 0.3) is 0 Å². The van der Waals surface area contributed by atoms with Crippen molar-refractivity contribution in [2.45, 2.75) is 39.2 Å². The number of hydrogen-bond donors (Lipinski definition) is 1. The Hall–Kier alpha value is -0.170. The van der Waals surface area contributed by atoms with Gasteiger partial charge in [-0.1, -0.05) is 13.8 Å². The molecule has 1 aliphatic heterocycles. The fourth-order valence-corrected chi connectivity index (χ4v) is 4.44. The van der Waals surface area contributed by atoms with Crippen LogP contribution in [-0.2, 0) is 10.0 Å². The molecule has 1 heterocycles. The second-order valence-corrected chi connectivity index (χ2v) is 8.19. The summed E-state index contributed by atoms with van der Waals surface area (Å²) in [5, 5.41) is 3.30. The van der Waals surface area contributed by atoms with Crippen molar-refractivity contribution < 1.29 is 8.42 Å². The Morgan fingerprint density at radius 3 is 2.45 bits per heavy atom. The van der Waals surface area contributed by atoms with Gasteiger partial charge in [-0.15, -0.1) is 0 Å². The van der Waals surface area contributed by atoms with Gasteiger partial charge < -0.3 is 10.2 Å². The fraction of sp³-hybridized carbons (Fsp3) is 1.00. The van der Waals surface area contributed by atoms with Gasteiger partial charge in [0.15, 0.2) is 0 Å². The summed E-state index contributed by atoms with van der Waals surface area (Å²) in [4.78, 5) is 2.13. The van der Waals surface area contributed by atoms with Crippen LogP contribution in [0.25, 0.3) is 0 Å². The molecule has 1 saturated heterocycles. The molecule has 0 spiro atoms. The van der Waals surface area contributed by atoms with E-state index >= 15 is 0 Å². The van der Waals surface area contributed by atoms with E-state index in [9.17, 15) is 8.42 Å². The van der Waals surface area contributed by atoms with Gasteiger partial charge in [-0.2, -0.15) is 0 Å². The van der Waals surface area contributed by atoms with Gasteiger partial charge in [0.2, 0.25) is 10.0 Å². The monoisotopic (exact) mass is 305 g/mol. The van der Waals surface area contributed by atoms with Crippen LogP contribution in [0, 0.1) is 5.92 Å². The quantitative estimate of drug-likeness (QED) is 0.645. The molecular formula is C14H31N3O2S. The first-order valence-corrected chi connectivity index (χ1v) is 9.34. The third-order valence-corrected chi connectivity index (χ3v) is 5.92. The Morgan fingerprint density at radius 2 is 1.90 bits per heavy atom. The molecule has 120 valence electrons. The minimum absolute atomic E-state index is 0.285. The van der Waals surface area contributed by atoms with E-state index < -0.39 is 10.0 Å². The molecule has 0 radical (unpaired) electrons. The molecule has 1 fully saturated rings. The van der Waals surface area contributed by atoms with E-state index in [-0.39, 0.29) is 5.75 Å². The van der Waals surface area contributed by atoms with Gasteiger partial charge >= 0.3 is 0 Å². The molecule has 1 N–H and O–H groups in total. The summed E-state index contributed by atoms with van der Waals surface area (Å²) >= 11 is 0. The van der Waals surface area contributed by atoms with E-state index in [1.165, 1.54) is 0 Å². The second-order valence-electron chi connectivity index (χ2n) is 6.10. The molecule has 0 amide bonds. The van der Waals surface area contributed by atoms with Crippen LogP contribution in [0.4, 0.5) is 0 Å². The summed E-state index contributed by atoms with van der Waals surface area (Å²) in [7, 11) is 0.976. The molecule has 2 atom stereocenters. The first-order chi connectivity index (χ1) is 9.38. The first-order valence-electron chi connectivity index (χ1n) is 7.73. The zero-order valence-electron chi connectivity index (χ0n) is 13.4. The third-order valence-electron chi connectivity index (χ3n) is 4.03. The van der Waals surface area contributed by atoms with Crippen molar-refractivity contribution in [2.75, 3.05) is 46.0 Å². The van der Waals surface area contributed by atoms with E-state index in [1.54, 1.807) is 4.31 Å². The van der Waals surface area contributed by atoms with E-state index in [2.05, 4.69) is 24.1 Å². The lowest BCUT2D eigenvalue weighted by atomic mass is 10.1. The van der Waals surface area contributed by atoms with Crippen molar-refractivity contribution in [3.8, 4) is 0 Å². The third kappa shape index (κ3) is 5.31. The standard InChI is InChI=1S/C14H31N3O2S/c1-5-8-15-9-6-7-10-20(18,19)17-11-13(2)14(12-17)16(3)4/h13-15H,5-12H2,1-4H3. The van der Waals surface area contributed by atoms with Crippen LogP contribution in [0.2, 0.25) is 0 Å². The largest absolute Gasteiger partial charge is 0.317 e. The van der Waals surface area contributed by atoms with Crippen molar-refractivity contribution in [2.24, 2.45) is 5.92 Å². The number of unbranched alkanes of at least 4 members (excludes halogenated alkanes) is 1. The van der Waals surface area contributed by atoms with Crippen molar-refractivity contribution in [3.05, 3.63) is 0 Å². The normalized spacial score (nSPS) is 24.6. The van der Waals surface area contributed by atoms with Gasteiger partial charge in [-0.05, 0) is 52.4 Å². The van der Waals surface area contributed by atoms with Gasteiger partial charge in [-0.3, -0.25) is 0 Å². The van der Waals surface area contributed by atoms with Crippen molar-refractivity contribution >= 4 is 10.0 Å². The number of sulfonamides is 1. The highest BCUT2D eigenvalue weighted by Gasteiger charge is 2.36. The number of rotatable bonds is 9. The van der Waals surface area contributed by atoms with Gasteiger partial charge in [0.05, 0.1) is 5.75 Å². The maximum Gasteiger partial charge on any atom is 0.214 e. The van der Waals surface area contributed by atoms with Crippen molar-refractivity contribution in [1.29, 1.82) is 0 Å². The van der Waals surface area contributed by atoms with Crippen LogP contribution < -0.4 is 5.32 Å². The lowest BCUT2D eigenvalue weighted by Gasteiger charge is -2.22.